The molecule has 0 aliphatic carbocycles. The number of benzene rings is 2. The summed E-state index contributed by atoms with van der Waals surface area (Å²) in [6.07, 6.45) is 0. The van der Waals surface area contributed by atoms with Crippen LogP contribution in [0.3, 0.4) is 0 Å². The van der Waals surface area contributed by atoms with Crippen LogP contribution in [-0.4, -0.2) is 8.42 Å². The number of nitrogens with two attached hydrogens (primary N) is 1. The van der Waals surface area contributed by atoms with Gasteiger partial charge in [0.05, 0.1) is 5.56 Å². The molecule has 4 nitrogen and oxygen atoms in total. The van der Waals surface area contributed by atoms with Crippen molar-refractivity contribution in [3.05, 3.63) is 59.2 Å². The molecule has 2 rings (SSSR count). The fourth-order valence-corrected chi connectivity index (χ4v) is 2.53. The Morgan fingerprint density at radius 2 is 1.76 bits per heavy atom. The first-order chi connectivity index (χ1) is 9.79. The summed E-state index contributed by atoms with van der Waals surface area (Å²) >= 11 is 0. The van der Waals surface area contributed by atoms with Gasteiger partial charge in [-0.1, -0.05) is 12.1 Å². The molecule has 2 aromatic carbocycles. The Hall–Kier alpha value is -1.99. The molecular formula is C14H13F2NO3S. The maximum Gasteiger partial charge on any atom is 0.241 e. The van der Waals surface area contributed by atoms with E-state index in [1.807, 2.05) is 0 Å². The largest absolute Gasteiger partial charge is 0.487 e. The van der Waals surface area contributed by atoms with E-state index in [2.05, 4.69) is 0 Å². The van der Waals surface area contributed by atoms with Crippen LogP contribution in [0.5, 0.6) is 5.75 Å². The molecule has 2 aromatic rings. The second kappa shape index (κ2) is 5.79. The number of primary sulfonamides is 1. The van der Waals surface area contributed by atoms with Crippen LogP contribution >= 0.6 is 0 Å². The quantitative estimate of drug-likeness (QED) is 0.943. The van der Waals surface area contributed by atoms with E-state index in [0.717, 1.165) is 12.1 Å². The normalized spacial score (nSPS) is 11.4. The maximum atomic E-state index is 13.5. The summed E-state index contributed by atoms with van der Waals surface area (Å²) in [5, 5.41) is 5.10. The molecule has 0 aliphatic heterocycles. The van der Waals surface area contributed by atoms with E-state index in [4.69, 9.17) is 9.88 Å². The van der Waals surface area contributed by atoms with Gasteiger partial charge in [-0.25, -0.2) is 22.3 Å². The lowest BCUT2D eigenvalue weighted by atomic mass is 10.2. The molecule has 0 atom stereocenters. The third kappa shape index (κ3) is 3.56. The van der Waals surface area contributed by atoms with Gasteiger partial charge in [0, 0.05) is 0 Å². The Morgan fingerprint density at radius 1 is 1.14 bits per heavy atom. The summed E-state index contributed by atoms with van der Waals surface area (Å²) in [4.78, 5) is -0.223. The van der Waals surface area contributed by atoms with Crippen LogP contribution in [0.1, 0.15) is 11.1 Å². The van der Waals surface area contributed by atoms with Gasteiger partial charge in [0.25, 0.3) is 0 Å². The molecule has 0 saturated heterocycles. The number of sulfonamides is 1. The highest BCUT2D eigenvalue weighted by atomic mass is 32.2. The number of hydrogen-bond donors (Lipinski definition) is 1. The molecule has 2 N–H and O–H groups in total. The van der Waals surface area contributed by atoms with Gasteiger partial charge in [0.1, 0.15) is 28.9 Å². The minimum atomic E-state index is -3.99. The summed E-state index contributed by atoms with van der Waals surface area (Å²) in [5.41, 5.74) is 0.391. The Labute approximate surface area is 121 Å². The number of halogens is 2. The van der Waals surface area contributed by atoms with E-state index in [1.54, 1.807) is 13.0 Å². The summed E-state index contributed by atoms with van der Waals surface area (Å²) < 4.78 is 55.2. The van der Waals surface area contributed by atoms with Crippen molar-refractivity contribution in [1.82, 2.24) is 0 Å². The third-order valence-electron chi connectivity index (χ3n) is 2.84. The molecule has 0 unspecified atom stereocenters. The Balaban J connectivity index is 2.33. The molecule has 0 heterocycles. The Kier molecular flexibility index (Phi) is 4.24. The summed E-state index contributed by atoms with van der Waals surface area (Å²) in [6.45, 7) is 1.25. The highest BCUT2D eigenvalue weighted by molar-refractivity contribution is 7.89. The van der Waals surface area contributed by atoms with Crippen molar-refractivity contribution in [1.29, 1.82) is 0 Å². The van der Waals surface area contributed by atoms with Crippen LogP contribution in [0.15, 0.2) is 41.3 Å². The third-order valence-corrected chi connectivity index (χ3v) is 3.77. The molecule has 0 saturated carbocycles. The van der Waals surface area contributed by atoms with E-state index in [0.29, 0.717) is 5.56 Å². The fraction of sp³-hybridized carbons (Fsp3) is 0.143. The predicted octanol–water partition coefficient (Wildman–Crippen LogP) is 2.50. The van der Waals surface area contributed by atoms with Crippen LogP contribution in [-0.2, 0) is 16.6 Å². The van der Waals surface area contributed by atoms with E-state index >= 15 is 0 Å². The van der Waals surface area contributed by atoms with E-state index in [-0.39, 0.29) is 16.2 Å². The van der Waals surface area contributed by atoms with Crippen molar-refractivity contribution < 1.29 is 21.9 Å². The number of aryl methyl sites for hydroxylation is 1. The molecule has 112 valence electrons. The first kappa shape index (κ1) is 15.4. The van der Waals surface area contributed by atoms with Gasteiger partial charge >= 0.3 is 0 Å². The molecule has 0 radical (unpaired) electrons. The molecule has 0 aliphatic rings. The Morgan fingerprint density at radius 3 is 2.33 bits per heavy atom. The van der Waals surface area contributed by atoms with Crippen LogP contribution in [0.25, 0.3) is 0 Å². The van der Waals surface area contributed by atoms with Gasteiger partial charge in [0.15, 0.2) is 0 Å². The van der Waals surface area contributed by atoms with Gasteiger partial charge in [-0.3, -0.25) is 0 Å². The lowest BCUT2D eigenvalue weighted by Gasteiger charge is -2.12. The standard InChI is InChI=1S/C14H13F2NO3S/c1-9-5-6-13(14(7-9)21(17,18)19)20-8-10-11(15)3-2-4-12(10)16/h2-7H,8H2,1H3,(H2,17,18,19). The van der Waals surface area contributed by atoms with Crippen molar-refractivity contribution >= 4 is 10.0 Å². The van der Waals surface area contributed by atoms with Crippen LogP contribution < -0.4 is 9.88 Å². The molecule has 21 heavy (non-hydrogen) atoms. The van der Waals surface area contributed by atoms with Crippen LogP contribution in [0, 0.1) is 18.6 Å². The van der Waals surface area contributed by atoms with Crippen molar-refractivity contribution in [3.63, 3.8) is 0 Å². The van der Waals surface area contributed by atoms with Crippen molar-refractivity contribution in [2.75, 3.05) is 0 Å². The lowest BCUT2D eigenvalue weighted by Crippen LogP contribution is -2.14. The van der Waals surface area contributed by atoms with Gasteiger partial charge in [-0.2, -0.15) is 0 Å². The molecular weight excluding hydrogens is 300 g/mol. The SMILES string of the molecule is Cc1ccc(OCc2c(F)cccc2F)c(S(N)(=O)=O)c1. The monoisotopic (exact) mass is 313 g/mol. The van der Waals surface area contributed by atoms with Crippen LogP contribution in [0.4, 0.5) is 8.78 Å². The second-order valence-electron chi connectivity index (χ2n) is 4.48. The van der Waals surface area contributed by atoms with Crippen molar-refractivity contribution in [3.8, 4) is 5.75 Å². The fourth-order valence-electron chi connectivity index (χ4n) is 1.78. The van der Waals surface area contributed by atoms with Gasteiger partial charge < -0.3 is 4.74 Å². The van der Waals surface area contributed by atoms with Gasteiger partial charge in [0.2, 0.25) is 10.0 Å². The summed E-state index contributed by atoms with van der Waals surface area (Å²) in [7, 11) is -3.99. The second-order valence-corrected chi connectivity index (χ2v) is 6.01. The maximum absolute atomic E-state index is 13.5. The predicted molar refractivity (Wildman–Crippen MR) is 73.2 cm³/mol. The molecule has 0 bridgehead atoms. The zero-order chi connectivity index (χ0) is 15.6. The van der Waals surface area contributed by atoms with E-state index < -0.39 is 28.3 Å². The van der Waals surface area contributed by atoms with Gasteiger partial charge in [-0.15, -0.1) is 0 Å². The number of rotatable bonds is 4. The Bertz CT molecular complexity index is 756. The molecule has 7 heteroatoms. The zero-order valence-electron chi connectivity index (χ0n) is 11.1. The highest BCUT2D eigenvalue weighted by Gasteiger charge is 2.17. The van der Waals surface area contributed by atoms with E-state index in [9.17, 15) is 17.2 Å². The minimum Gasteiger partial charge on any atom is -0.487 e. The summed E-state index contributed by atoms with van der Waals surface area (Å²) in [5.74, 6) is -1.58. The average Bonchev–Trinajstić information content (AvgIpc) is 2.38. The number of hydrogen-bond acceptors (Lipinski definition) is 3. The highest BCUT2D eigenvalue weighted by Crippen LogP contribution is 2.25. The summed E-state index contributed by atoms with van der Waals surface area (Å²) in [6, 6.07) is 7.77. The molecule has 0 spiro atoms. The molecule has 0 fully saturated rings. The first-order valence-corrected chi connectivity index (χ1v) is 7.53. The minimum absolute atomic E-state index is 0.0502. The molecule has 0 aromatic heterocycles. The molecule has 0 amide bonds. The smallest absolute Gasteiger partial charge is 0.241 e. The lowest BCUT2D eigenvalue weighted by molar-refractivity contribution is 0.285. The topological polar surface area (TPSA) is 69.4 Å². The number of ether oxygens (including phenoxy) is 1. The first-order valence-electron chi connectivity index (χ1n) is 5.98. The van der Waals surface area contributed by atoms with Crippen molar-refractivity contribution in [2.24, 2.45) is 5.14 Å². The van der Waals surface area contributed by atoms with E-state index in [1.165, 1.54) is 18.2 Å². The zero-order valence-corrected chi connectivity index (χ0v) is 12.0. The van der Waals surface area contributed by atoms with Gasteiger partial charge in [-0.05, 0) is 36.8 Å². The average molecular weight is 313 g/mol. The van der Waals surface area contributed by atoms with Crippen molar-refractivity contribution in [2.45, 2.75) is 18.4 Å². The van der Waals surface area contributed by atoms with Crippen LogP contribution in [0.2, 0.25) is 0 Å².